The van der Waals surface area contributed by atoms with Crippen LogP contribution in [0.3, 0.4) is 0 Å². The number of carbonyl (C=O) groups excluding carboxylic acids is 3. The molecule has 160 valence electrons. The molecule has 2 fully saturated rings. The maximum Gasteiger partial charge on any atom is 0.245 e. The van der Waals surface area contributed by atoms with Gasteiger partial charge in [0.1, 0.15) is 6.04 Å². The highest BCUT2D eigenvalue weighted by molar-refractivity contribution is 5.91. The first-order valence-corrected chi connectivity index (χ1v) is 11.2. The summed E-state index contributed by atoms with van der Waals surface area (Å²) in [6, 6.07) is -0.469. The molecule has 1 aliphatic heterocycles. The standard InChI is InChI=1S/C22H39N3O3/c1-4-5-8-17(20(23)26)18(13-15(2)3)21(27)24-19-9-6-7-12-25(22(19)28)14-16-10-11-16/h15-19H,4-14H2,1-3H3,(H2,23,26)(H,24,27)/t17?,18?,19-/m0/s1. The van der Waals surface area contributed by atoms with Gasteiger partial charge in [0.15, 0.2) is 0 Å². The van der Waals surface area contributed by atoms with E-state index in [0.717, 1.165) is 38.8 Å². The fraction of sp³-hybridized carbons (Fsp3) is 0.864. The second-order valence-electron chi connectivity index (χ2n) is 9.17. The highest BCUT2D eigenvalue weighted by Crippen LogP contribution is 2.31. The third-order valence-electron chi connectivity index (χ3n) is 6.05. The smallest absolute Gasteiger partial charge is 0.245 e. The van der Waals surface area contributed by atoms with Crippen LogP contribution in [0.4, 0.5) is 0 Å². The van der Waals surface area contributed by atoms with Crippen LogP contribution in [-0.4, -0.2) is 41.8 Å². The maximum absolute atomic E-state index is 13.2. The lowest BCUT2D eigenvalue weighted by Gasteiger charge is -2.29. The van der Waals surface area contributed by atoms with Crippen molar-refractivity contribution >= 4 is 17.7 Å². The zero-order valence-corrected chi connectivity index (χ0v) is 17.9. The number of carbonyl (C=O) groups is 3. The normalized spacial score (nSPS) is 22.6. The van der Waals surface area contributed by atoms with Gasteiger partial charge in [0, 0.05) is 24.9 Å². The summed E-state index contributed by atoms with van der Waals surface area (Å²) >= 11 is 0. The molecule has 1 heterocycles. The molecule has 2 unspecified atom stereocenters. The molecule has 1 aliphatic carbocycles. The van der Waals surface area contributed by atoms with E-state index in [2.05, 4.69) is 12.2 Å². The molecule has 6 nitrogen and oxygen atoms in total. The van der Waals surface area contributed by atoms with Crippen LogP contribution >= 0.6 is 0 Å². The van der Waals surface area contributed by atoms with Crippen molar-refractivity contribution in [1.29, 1.82) is 0 Å². The summed E-state index contributed by atoms with van der Waals surface area (Å²) in [6.45, 7) is 7.77. The van der Waals surface area contributed by atoms with Crippen LogP contribution < -0.4 is 11.1 Å². The van der Waals surface area contributed by atoms with Crippen LogP contribution in [-0.2, 0) is 14.4 Å². The van der Waals surface area contributed by atoms with Gasteiger partial charge in [-0.3, -0.25) is 14.4 Å². The third-order valence-corrected chi connectivity index (χ3v) is 6.05. The zero-order valence-electron chi connectivity index (χ0n) is 17.9. The number of amides is 3. The van der Waals surface area contributed by atoms with Gasteiger partial charge in [-0.05, 0) is 56.8 Å². The molecule has 0 aromatic rings. The minimum absolute atomic E-state index is 0.0465. The van der Waals surface area contributed by atoms with Gasteiger partial charge in [0.05, 0.1) is 0 Å². The lowest BCUT2D eigenvalue weighted by atomic mass is 9.81. The number of hydrogen-bond acceptors (Lipinski definition) is 3. The molecule has 0 aromatic carbocycles. The average Bonchev–Trinajstić information content (AvgIpc) is 3.46. The molecule has 2 aliphatic rings. The Morgan fingerprint density at radius 1 is 1.18 bits per heavy atom. The molecule has 3 amide bonds. The predicted molar refractivity (Wildman–Crippen MR) is 110 cm³/mol. The summed E-state index contributed by atoms with van der Waals surface area (Å²) < 4.78 is 0. The van der Waals surface area contributed by atoms with Crippen molar-refractivity contribution in [2.45, 2.75) is 84.6 Å². The minimum Gasteiger partial charge on any atom is -0.369 e. The summed E-state index contributed by atoms with van der Waals surface area (Å²) in [7, 11) is 0. The summed E-state index contributed by atoms with van der Waals surface area (Å²) in [5, 5.41) is 3.01. The number of nitrogens with zero attached hydrogens (tertiary/aromatic N) is 1. The molecule has 3 atom stereocenters. The van der Waals surface area contributed by atoms with Crippen LogP contribution in [0.5, 0.6) is 0 Å². The van der Waals surface area contributed by atoms with E-state index in [1.54, 1.807) is 0 Å². The van der Waals surface area contributed by atoms with Crippen molar-refractivity contribution in [3.8, 4) is 0 Å². The molecular formula is C22H39N3O3. The summed E-state index contributed by atoms with van der Waals surface area (Å²) in [4.78, 5) is 40.2. The fourth-order valence-corrected chi connectivity index (χ4v) is 4.24. The van der Waals surface area contributed by atoms with Crippen molar-refractivity contribution in [2.75, 3.05) is 13.1 Å². The van der Waals surface area contributed by atoms with Crippen molar-refractivity contribution in [1.82, 2.24) is 10.2 Å². The Kier molecular flexibility index (Phi) is 8.77. The number of unbranched alkanes of at least 4 members (excludes halogenated alkanes) is 1. The van der Waals surface area contributed by atoms with E-state index in [4.69, 9.17) is 5.73 Å². The summed E-state index contributed by atoms with van der Waals surface area (Å²) in [5.74, 6) is -0.555. The Hall–Kier alpha value is -1.59. The number of nitrogens with one attached hydrogen (secondary N) is 1. The fourth-order valence-electron chi connectivity index (χ4n) is 4.24. The molecule has 2 rings (SSSR count). The van der Waals surface area contributed by atoms with E-state index < -0.39 is 23.8 Å². The van der Waals surface area contributed by atoms with Crippen LogP contribution in [0, 0.1) is 23.7 Å². The van der Waals surface area contributed by atoms with Crippen molar-refractivity contribution < 1.29 is 14.4 Å². The molecule has 0 radical (unpaired) electrons. The van der Waals surface area contributed by atoms with Gasteiger partial charge >= 0.3 is 0 Å². The number of nitrogens with two attached hydrogens (primary N) is 1. The molecule has 28 heavy (non-hydrogen) atoms. The molecule has 3 N–H and O–H groups in total. The van der Waals surface area contributed by atoms with E-state index in [1.807, 2.05) is 18.7 Å². The first-order valence-electron chi connectivity index (χ1n) is 11.2. The van der Waals surface area contributed by atoms with E-state index in [0.29, 0.717) is 25.2 Å². The van der Waals surface area contributed by atoms with Gasteiger partial charge < -0.3 is 16.0 Å². The van der Waals surface area contributed by atoms with Gasteiger partial charge in [0.25, 0.3) is 0 Å². The number of rotatable bonds is 11. The SMILES string of the molecule is CCCCC(C(N)=O)C(CC(C)C)C(=O)N[C@H]1CCCCN(CC2CC2)C1=O. The molecule has 6 heteroatoms. The average molecular weight is 394 g/mol. The first-order chi connectivity index (χ1) is 13.3. The molecule has 1 saturated heterocycles. The van der Waals surface area contributed by atoms with Gasteiger partial charge in [-0.15, -0.1) is 0 Å². The van der Waals surface area contributed by atoms with E-state index in [1.165, 1.54) is 12.8 Å². The van der Waals surface area contributed by atoms with Crippen molar-refractivity contribution in [3.63, 3.8) is 0 Å². The van der Waals surface area contributed by atoms with Crippen LogP contribution in [0.25, 0.3) is 0 Å². The van der Waals surface area contributed by atoms with Gasteiger partial charge in [0.2, 0.25) is 17.7 Å². The monoisotopic (exact) mass is 393 g/mol. The largest absolute Gasteiger partial charge is 0.369 e. The Morgan fingerprint density at radius 2 is 1.89 bits per heavy atom. The Balaban J connectivity index is 2.08. The minimum atomic E-state index is -0.469. The van der Waals surface area contributed by atoms with E-state index in [9.17, 15) is 14.4 Å². The highest BCUT2D eigenvalue weighted by Gasteiger charge is 2.37. The molecule has 0 bridgehead atoms. The first kappa shape index (κ1) is 22.7. The van der Waals surface area contributed by atoms with Crippen molar-refractivity contribution in [3.05, 3.63) is 0 Å². The van der Waals surface area contributed by atoms with E-state index in [-0.39, 0.29) is 17.7 Å². The molecule has 0 aromatic heterocycles. The number of likely N-dealkylation sites (tertiary alicyclic amines) is 1. The Morgan fingerprint density at radius 3 is 2.46 bits per heavy atom. The Labute approximate surface area is 170 Å². The number of primary amides is 1. The van der Waals surface area contributed by atoms with Crippen LogP contribution in [0.15, 0.2) is 0 Å². The predicted octanol–water partition coefficient (Wildman–Crippen LogP) is 2.85. The topological polar surface area (TPSA) is 92.5 Å². The molecule has 1 saturated carbocycles. The lowest BCUT2D eigenvalue weighted by molar-refractivity contribution is -0.139. The van der Waals surface area contributed by atoms with Gasteiger partial charge in [-0.1, -0.05) is 33.6 Å². The van der Waals surface area contributed by atoms with Crippen LogP contribution in [0.1, 0.15) is 78.6 Å². The van der Waals surface area contributed by atoms with Gasteiger partial charge in [-0.2, -0.15) is 0 Å². The lowest BCUT2D eigenvalue weighted by Crippen LogP contribution is -2.51. The second kappa shape index (κ2) is 10.8. The van der Waals surface area contributed by atoms with Crippen molar-refractivity contribution in [2.24, 2.45) is 29.4 Å². The maximum atomic E-state index is 13.2. The zero-order chi connectivity index (χ0) is 20.7. The van der Waals surface area contributed by atoms with E-state index >= 15 is 0 Å². The molecular weight excluding hydrogens is 354 g/mol. The molecule has 0 spiro atoms. The third kappa shape index (κ3) is 6.78. The highest BCUT2D eigenvalue weighted by atomic mass is 16.2. The quantitative estimate of drug-likeness (QED) is 0.565. The summed E-state index contributed by atoms with van der Waals surface area (Å²) in [5.41, 5.74) is 5.67. The van der Waals surface area contributed by atoms with Gasteiger partial charge in [-0.25, -0.2) is 0 Å². The summed E-state index contributed by atoms with van der Waals surface area (Å²) in [6.07, 6.45) is 8.06. The second-order valence-corrected chi connectivity index (χ2v) is 9.17. The Bertz CT molecular complexity index is 545. The number of hydrogen-bond donors (Lipinski definition) is 2. The van der Waals surface area contributed by atoms with Crippen LogP contribution in [0.2, 0.25) is 0 Å².